The smallest absolute Gasteiger partial charge is 0.0194 e. The van der Waals surface area contributed by atoms with E-state index in [0.717, 1.165) is 18.8 Å². The van der Waals surface area contributed by atoms with Crippen LogP contribution in [0.3, 0.4) is 0 Å². The van der Waals surface area contributed by atoms with Crippen LogP contribution in [0.2, 0.25) is 0 Å². The van der Waals surface area contributed by atoms with Crippen molar-refractivity contribution in [3.63, 3.8) is 0 Å². The number of nitrogens with two attached hydrogens (primary N) is 2. The molecule has 2 heteroatoms. The third-order valence-corrected chi connectivity index (χ3v) is 2.64. The lowest BCUT2D eigenvalue weighted by Gasteiger charge is -2.30. The van der Waals surface area contributed by atoms with Gasteiger partial charge in [0.05, 0.1) is 0 Å². The van der Waals surface area contributed by atoms with Crippen molar-refractivity contribution in [2.24, 2.45) is 17.4 Å². The maximum atomic E-state index is 5.82. The fraction of sp³-hybridized carbons (Fsp3) is 1.00. The molecule has 0 amide bonds. The average molecular weight is 142 g/mol. The predicted molar refractivity (Wildman–Crippen MR) is 43.6 cm³/mol. The SMILES string of the molecule is CCC1CC[C@H](N)[C@@H](N)C1. The molecule has 0 saturated heterocycles. The molecule has 1 fully saturated rings. The molecule has 1 aliphatic carbocycles. The Morgan fingerprint density at radius 3 is 2.40 bits per heavy atom. The van der Waals surface area contributed by atoms with E-state index in [1.165, 1.54) is 12.8 Å². The van der Waals surface area contributed by atoms with Crippen LogP contribution >= 0.6 is 0 Å². The third kappa shape index (κ3) is 1.70. The number of rotatable bonds is 1. The molecule has 0 radical (unpaired) electrons. The van der Waals surface area contributed by atoms with Gasteiger partial charge >= 0.3 is 0 Å². The molecule has 1 saturated carbocycles. The summed E-state index contributed by atoms with van der Waals surface area (Å²) in [5, 5.41) is 0. The number of hydrogen-bond acceptors (Lipinski definition) is 2. The summed E-state index contributed by atoms with van der Waals surface area (Å²) in [6, 6.07) is 0.529. The average Bonchev–Trinajstić information content (AvgIpc) is 1.95. The van der Waals surface area contributed by atoms with E-state index in [1.54, 1.807) is 0 Å². The van der Waals surface area contributed by atoms with E-state index in [9.17, 15) is 0 Å². The minimum absolute atomic E-state index is 0.263. The molecule has 0 aromatic heterocycles. The summed E-state index contributed by atoms with van der Waals surface area (Å²) in [4.78, 5) is 0. The lowest BCUT2D eigenvalue weighted by atomic mass is 9.82. The molecular formula is C8H18N2. The highest BCUT2D eigenvalue weighted by Gasteiger charge is 2.23. The molecule has 2 nitrogen and oxygen atoms in total. The van der Waals surface area contributed by atoms with Crippen molar-refractivity contribution in [1.82, 2.24) is 0 Å². The Balaban J connectivity index is 2.33. The molecule has 10 heavy (non-hydrogen) atoms. The van der Waals surface area contributed by atoms with Gasteiger partial charge in [-0.1, -0.05) is 13.3 Å². The van der Waals surface area contributed by atoms with Crippen LogP contribution in [-0.4, -0.2) is 12.1 Å². The van der Waals surface area contributed by atoms with Crippen molar-refractivity contribution in [3.8, 4) is 0 Å². The third-order valence-electron chi connectivity index (χ3n) is 2.64. The van der Waals surface area contributed by atoms with E-state index in [1.807, 2.05) is 0 Å². The van der Waals surface area contributed by atoms with E-state index >= 15 is 0 Å². The van der Waals surface area contributed by atoms with Gasteiger partial charge in [0.2, 0.25) is 0 Å². The summed E-state index contributed by atoms with van der Waals surface area (Å²) in [5.41, 5.74) is 11.6. The van der Waals surface area contributed by atoms with Gasteiger partial charge in [-0.2, -0.15) is 0 Å². The van der Waals surface area contributed by atoms with Crippen LogP contribution in [-0.2, 0) is 0 Å². The van der Waals surface area contributed by atoms with Gasteiger partial charge in [0, 0.05) is 12.1 Å². The minimum atomic E-state index is 0.263. The summed E-state index contributed by atoms with van der Waals surface area (Å²) < 4.78 is 0. The highest BCUT2D eigenvalue weighted by molar-refractivity contribution is 4.84. The van der Waals surface area contributed by atoms with Gasteiger partial charge in [0.25, 0.3) is 0 Å². The lowest BCUT2D eigenvalue weighted by Crippen LogP contribution is -2.45. The van der Waals surface area contributed by atoms with Crippen molar-refractivity contribution in [3.05, 3.63) is 0 Å². The topological polar surface area (TPSA) is 52.0 Å². The Labute approximate surface area is 63.0 Å². The van der Waals surface area contributed by atoms with Crippen LogP contribution in [0, 0.1) is 5.92 Å². The Hall–Kier alpha value is -0.0800. The zero-order valence-electron chi connectivity index (χ0n) is 6.72. The summed E-state index contributed by atoms with van der Waals surface area (Å²) >= 11 is 0. The zero-order valence-corrected chi connectivity index (χ0v) is 6.72. The Morgan fingerprint density at radius 1 is 1.20 bits per heavy atom. The van der Waals surface area contributed by atoms with Gasteiger partial charge in [0.1, 0.15) is 0 Å². The van der Waals surface area contributed by atoms with Crippen LogP contribution in [0.15, 0.2) is 0 Å². The molecule has 0 aromatic carbocycles. The van der Waals surface area contributed by atoms with Crippen LogP contribution in [0.5, 0.6) is 0 Å². The van der Waals surface area contributed by atoms with E-state index in [-0.39, 0.29) is 12.1 Å². The van der Waals surface area contributed by atoms with Crippen LogP contribution in [0.25, 0.3) is 0 Å². The molecular weight excluding hydrogens is 124 g/mol. The first-order valence-electron chi connectivity index (χ1n) is 4.25. The highest BCUT2D eigenvalue weighted by atomic mass is 14.8. The molecule has 0 heterocycles. The van der Waals surface area contributed by atoms with Gasteiger partial charge in [-0.3, -0.25) is 0 Å². The standard InChI is InChI=1S/C8H18N2/c1-2-6-3-4-7(9)8(10)5-6/h6-8H,2-5,9-10H2,1H3/t6?,7-,8-/m0/s1. The van der Waals surface area contributed by atoms with Crippen molar-refractivity contribution >= 4 is 0 Å². The molecule has 0 aromatic rings. The maximum Gasteiger partial charge on any atom is 0.0194 e. The Morgan fingerprint density at radius 2 is 1.90 bits per heavy atom. The van der Waals surface area contributed by atoms with E-state index in [2.05, 4.69) is 6.92 Å². The monoisotopic (exact) mass is 142 g/mol. The highest BCUT2D eigenvalue weighted by Crippen LogP contribution is 2.24. The first-order valence-corrected chi connectivity index (χ1v) is 4.25. The first-order chi connectivity index (χ1) is 4.74. The second-order valence-electron chi connectivity index (χ2n) is 3.42. The van der Waals surface area contributed by atoms with Crippen molar-refractivity contribution in [1.29, 1.82) is 0 Å². The predicted octanol–water partition coefficient (Wildman–Crippen LogP) is 0.851. The van der Waals surface area contributed by atoms with E-state index in [0.29, 0.717) is 0 Å². The van der Waals surface area contributed by atoms with Gasteiger partial charge in [0.15, 0.2) is 0 Å². The summed E-state index contributed by atoms with van der Waals surface area (Å²) in [7, 11) is 0. The Bertz CT molecular complexity index is 103. The van der Waals surface area contributed by atoms with Crippen molar-refractivity contribution < 1.29 is 0 Å². The fourth-order valence-electron chi connectivity index (χ4n) is 1.69. The zero-order chi connectivity index (χ0) is 7.56. The largest absolute Gasteiger partial charge is 0.326 e. The quantitative estimate of drug-likeness (QED) is 0.570. The maximum absolute atomic E-state index is 5.82. The van der Waals surface area contributed by atoms with Crippen LogP contribution in [0.4, 0.5) is 0 Å². The summed E-state index contributed by atoms with van der Waals surface area (Å²) in [6.07, 6.45) is 4.81. The van der Waals surface area contributed by atoms with Crippen molar-refractivity contribution in [2.75, 3.05) is 0 Å². The summed E-state index contributed by atoms with van der Waals surface area (Å²) in [6.45, 7) is 2.23. The normalized spacial score (nSPS) is 41.7. The van der Waals surface area contributed by atoms with Crippen LogP contribution in [0.1, 0.15) is 32.6 Å². The molecule has 3 atom stereocenters. The molecule has 0 aliphatic heterocycles. The van der Waals surface area contributed by atoms with Gasteiger partial charge in [-0.15, -0.1) is 0 Å². The molecule has 1 aliphatic rings. The lowest BCUT2D eigenvalue weighted by molar-refractivity contribution is 0.283. The van der Waals surface area contributed by atoms with E-state index in [4.69, 9.17) is 11.5 Å². The number of hydrogen-bond donors (Lipinski definition) is 2. The molecule has 4 N–H and O–H groups in total. The molecule has 1 unspecified atom stereocenters. The summed E-state index contributed by atoms with van der Waals surface area (Å²) in [5.74, 6) is 0.842. The van der Waals surface area contributed by atoms with Crippen LogP contribution < -0.4 is 11.5 Å². The molecule has 1 rings (SSSR count). The second-order valence-corrected chi connectivity index (χ2v) is 3.42. The molecule has 0 spiro atoms. The van der Waals surface area contributed by atoms with E-state index < -0.39 is 0 Å². The minimum Gasteiger partial charge on any atom is -0.326 e. The molecule has 60 valence electrons. The van der Waals surface area contributed by atoms with Gasteiger partial charge in [-0.25, -0.2) is 0 Å². The fourth-order valence-corrected chi connectivity index (χ4v) is 1.69. The van der Waals surface area contributed by atoms with Gasteiger partial charge in [-0.05, 0) is 25.2 Å². The molecule has 0 bridgehead atoms. The Kier molecular flexibility index (Phi) is 2.69. The van der Waals surface area contributed by atoms with Crippen molar-refractivity contribution in [2.45, 2.75) is 44.7 Å². The second kappa shape index (κ2) is 3.35. The van der Waals surface area contributed by atoms with Gasteiger partial charge < -0.3 is 11.5 Å². The first kappa shape index (κ1) is 8.02.